The molecule has 1 aromatic rings. The number of thiocarbonyl (C=S) groups is 1. The maximum atomic E-state index is 5.54. The van der Waals surface area contributed by atoms with Gasteiger partial charge in [0, 0.05) is 16.9 Å². The van der Waals surface area contributed by atoms with Crippen molar-refractivity contribution in [3.05, 3.63) is 24.3 Å². The second kappa shape index (κ2) is 3.39. The highest BCUT2D eigenvalue weighted by Crippen LogP contribution is 2.54. The van der Waals surface area contributed by atoms with Crippen LogP contribution in [0.5, 0.6) is 0 Å². The number of anilines is 1. The van der Waals surface area contributed by atoms with E-state index in [0.29, 0.717) is 0 Å². The van der Waals surface area contributed by atoms with Crippen molar-refractivity contribution in [1.82, 2.24) is 5.32 Å². The average molecular weight is 264 g/mol. The second-order valence-corrected chi connectivity index (χ2v) is 7.48. The van der Waals surface area contributed by atoms with Gasteiger partial charge in [-0.15, -0.1) is 0 Å². The van der Waals surface area contributed by atoms with E-state index in [9.17, 15) is 0 Å². The van der Waals surface area contributed by atoms with Crippen LogP contribution in [0, 0.1) is 0 Å². The molecule has 1 saturated heterocycles. The second-order valence-electron chi connectivity index (χ2n) is 5.57. The summed E-state index contributed by atoms with van der Waals surface area (Å²) in [7, 11) is 0. The van der Waals surface area contributed by atoms with E-state index < -0.39 is 0 Å². The number of thioether (sulfide) groups is 1. The van der Waals surface area contributed by atoms with E-state index >= 15 is 0 Å². The highest BCUT2D eigenvalue weighted by molar-refractivity contribution is 8.01. The maximum Gasteiger partial charge on any atom is 0.175 e. The van der Waals surface area contributed by atoms with E-state index in [0.717, 1.165) is 11.5 Å². The summed E-state index contributed by atoms with van der Waals surface area (Å²) in [4.78, 5) is 3.65. The monoisotopic (exact) mass is 264 g/mol. The predicted molar refractivity (Wildman–Crippen MR) is 77.6 cm³/mol. The molecule has 0 aliphatic carbocycles. The zero-order valence-electron chi connectivity index (χ0n) is 10.3. The van der Waals surface area contributed by atoms with Crippen LogP contribution in [0.15, 0.2) is 29.2 Å². The summed E-state index contributed by atoms with van der Waals surface area (Å²) in [5.74, 6) is 0. The fourth-order valence-electron chi connectivity index (χ4n) is 2.91. The Hall–Kier alpha value is -0.740. The number of nitrogens with one attached hydrogen (secondary N) is 1. The number of benzene rings is 1. The van der Waals surface area contributed by atoms with Crippen LogP contribution in [-0.4, -0.2) is 15.5 Å². The lowest BCUT2D eigenvalue weighted by molar-refractivity contribution is 0.351. The van der Waals surface area contributed by atoms with Crippen LogP contribution >= 0.6 is 24.0 Å². The van der Waals surface area contributed by atoms with Crippen molar-refractivity contribution in [2.45, 2.75) is 42.5 Å². The third-order valence-corrected chi connectivity index (χ3v) is 4.94. The van der Waals surface area contributed by atoms with Crippen molar-refractivity contribution in [1.29, 1.82) is 0 Å². The van der Waals surface area contributed by atoms with Crippen molar-refractivity contribution in [3.63, 3.8) is 0 Å². The molecule has 90 valence electrons. The summed E-state index contributed by atoms with van der Waals surface area (Å²) in [5, 5.41) is 4.29. The Labute approximate surface area is 112 Å². The van der Waals surface area contributed by atoms with Gasteiger partial charge in [0.15, 0.2) is 5.11 Å². The molecule has 4 heteroatoms. The quantitative estimate of drug-likeness (QED) is 0.722. The smallest absolute Gasteiger partial charge is 0.175 e. The predicted octanol–water partition coefficient (Wildman–Crippen LogP) is 3.37. The molecule has 0 bridgehead atoms. The highest BCUT2D eigenvalue weighted by atomic mass is 32.2. The van der Waals surface area contributed by atoms with Gasteiger partial charge in [-0.1, -0.05) is 23.9 Å². The molecule has 1 N–H and O–H groups in total. The molecule has 0 radical (unpaired) electrons. The van der Waals surface area contributed by atoms with Crippen LogP contribution in [0.25, 0.3) is 0 Å². The van der Waals surface area contributed by atoms with E-state index in [1.807, 2.05) is 11.8 Å². The minimum atomic E-state index is 0.0511. The Balaban J connectivity index is 2.10. The topological polar surface area (TPSA) is 15.3 Å². The van der Waals surface area contributed by atoms with Crippen molar-refractivity contribution >= 4 is 34.8 Å². The summed E-state index contributed by atoms with van der Waals surface area (Å²) in [6, 6.07) is 8.50. The lowest BCUT2D eigenvalue weighted by Crippen LogP contribution is -2.64. The SMILES string of the molecule is CC1(C)CC2(C)Sc3ccccc3N2C(=S)N1. The molecule has 0 amide bonds. The van der Waals surface area contributed by atoms with Crippen LogP contribution in [0.4, 0.5) is 5.69 Å². The van der Waals surface area contributed by atoms with E-state index in [1.54, 1.807) is 0 Å². The van der Waals surface area contributed by atoms with Crippen molar-refractivity contribution in [2.75, 3.05) is 4.90 Å². The van der Waals surface area contributed by atoms with Gasteiger partial charge in [0.05, 0.1) is 10.6 Å². The molecule has 0 saturated carbocycles. The Morgan fingerprint density at radius 2 is 2.00 bits per heavy atom. The average Bonchev–Trinajstić information content (AvgIpc) is 2.46. The van der Waals surface area contributed by atoms with Crippen molar-refractivity contribution < 1.29 is 0 Å². The normalized spacial score (nSPS) is 29.6. The summed E-state index contributed by atoms with van der Waals surface area (Å²) in [5.41, 5.74) is 1.31. The Morgan fingerprint density at radius 3 is 2.76 bits per heavy atom. The zero-order valence-corrected chi connectivity index (χ0v) is 11.9. The molecule has 2 heterocycles. The molecule has 2 aliphatic rings. The van der Waals surface area contributed by atoms with E-state index in [-0.39, 0.29) is 10.4 Å². The van der Waals surface area contributed by atoms with Gasteiger partial charge in [-0.25, -0.2) is 0 Å². The summed E-state index contributed by atoms with van der Waals surface area (Å²) < 4.78 is 0. The maximum absolute atomic E-state index is 5.54. The van der Waals surface area contributed by atoms with Gasteiger partial charge in [0.1, 0.15) is 0 Å². The van der Waals surface area contributed by atoms with Gasteiger partial charge in [-0.3, -0.25) is 0 Å². The fraction of sp³-hybridized carbons (Fsp3) is 0.462. The van der Waals surface area contributed by atoms with Crippen molar-refractivity contribution in [2.24, 2.45) is 0 Å². The minimum Gasteiger partial charge on any atom is -0.357 e. The third kappa shape index (κ3) is 1.66. The molecule has 3 rings (SSSR count). The molecule has 17 heavy (non-hydrogen) atoms. The van der Waals surface area contributed by atoms with Gasteiger partial charge < -0.3 is 10.2 Å². The first-order chi connectivity index (χ1) is 7.91. The Bertz CT molecular complexity index is 498. The van der Waals surface area contributed by atoms with Gasteiger partial charge in [0.25, 0.3) is 0 Å². The number of nitrogens with zero attached hydrogens (tertiary/aromatic N) is 1. The highest BCUT2D eigenvalue weighted by Gasteiger charge is 2.50. The molecular formula is C13H16N2S2. The first-order valence-corrected chi connectivity index (χ1v) is 7.04. The Morgan fingerprint density at radius 1 is 1.29 bits per heavy atom. The Kier molecular flexibility index (Phi) is 2.26. The van der Waals surface area contributed by atoms with Crippen LogP contribution in [-0.2, 0) is 0 Å². The largest absolute Gasteiger partial charge is 0.357 e. The number of para-hydroxylation sites is 1. The number of hydrogen-bond acceptors (Lipinski definition) is 2. The van der Waals surface area contributed by atoms with Gasteiger partial charge in [-0.05, 0) is 45.1 Å². The minimum absolute atomic E-state index is 0.0511. The fourth-order valence-corrected chi connectivity index (χ4v) is 5.15. The molecule has 0 aromatic heterocycles. The van der Waals surface area contributed by atoms with Gasteiger partial charge in [0.2, 0.25) is 0 Å². The molecule has 1 unspecified atom stereocenters. The van der Waals surface area contributed by atoms with E-state index in [4.69, 9.17) is 12.2 Å². The number of hydrogen-bond donors (Lipinski definition) is 1. The molecule has 0 spiro atoms. The molecule has 1 fully saturated rings. The van der Waals surface area contributed by atoms with E-state index in [2.05, 4.69) is 55.3 Å². The summed E-state index contributed by atoms with van der Waals surface area (Å²) in [6.45, 7) is 6.71. The molecule has 1 aromatic carbocycles. The van der Waals surface area contributed by atoms with Crippen LogP contribution in [0.3, 0.4) is 0 Å². The lowest BCUT2D eigenvalue weighted by Gasteiger charge is -2.48. The van der Waals surface area contributed by atoms with Crippen molar-refractivity contribution in [3.8, 4) is 0 Å². The van der Waals surface area contributed by atoms with E-state index in [1.165, 1.54) is 10.6 Å². The summed E-state index contributed by atoms with van der Waals surface area (Å²) >= 11 is 7.47. The van der Waals surface area contributed by atoms with Crippen LogP contribution in [0.1, 0.15) is 27.2 Å². The first-order valence-electron chi connectivity index (χ1n) is 5.82. The standard InChI is InChI=1S/C13H16N2S2/c1-12(2)8-13(3)15(11(16)14-12)9-6-4-5-7-10(9)17-13/h4-7H,8H2,1-3H3,(H,14,16). The third-order valence-electron chi connectivity index (χ3n) is 3.33. The molecule has 1 atom stereocenters. The lowest BCUT2D eigenvalue weighted by atomic mass is 9.92. The van der Waals surface area contributed by atoms with Crippen LogP contribution < -0.4 is 10.2 Å². The molecular weight excluding hydrogens is 248 g/mol. The molecule has 2 nitrogen and oxygen atoms in total. The summed E-state index contributed by atoms with van der Waals surface area (Å²) in [6.07, 6.45) is 1.07. The number of fused-ring (bicyclic) bond motifs is 3. The number of rotatable bonds is 0. The first kappa shape index (κ1) is 11.4. The van der Waals surface area contributed by atoms with Gasteiger partial charge in [-0.2, -0.15) is 0 Å². The molecule has 2 aliphatic heterocycles. The zero-order chi connectivity index (χ0) is 12.3. The van der Waals surface area contributed by atoms with Gasteiger partial charge >= 0.3 is 0 Å². The van der Waals surface area contributed by atoms with Crippen LogP contribution in [0.2, 0.25) is 0 Å².